The number of benzene rings is 1. The van der Waals surface area contributed by atoms with Crippen molar-refractivity contribution in [2.45, 2.75) is 63.0 Å². The number of esters is 1. The second-order valence-electron chi connectivity index (χ2n) is 9.53. The fraction of sp³-hybridized carbons (Fsp3) is 0.600. The number of carbonyl (C=O) groups excluding carboxylic acids is 1. The monoisotopic (exact) mass is 427 g/mol. The minimum atomic E-state index is -1.57. The fourth-order valence-corrected chi connectivity index (χ4v) is 5.49. The van der Waals surface area contributed by atoms with E-state index in [0.717, 1.165) is 68.2 Å². The largest absolute Gasteiger partial charge is 0.457 e. The number of quaternary nitrogens is 1. The Morgan fingerprint density at radius 1 is 1.16 bits per heavy atom. The lowest BCUT2D eigenvalue weighted by Crippen LogP contribution is -2.52. The Bertz CT molecular complexity index is 834. The molecule has 1 aromatic carbocycles. The Hall–Kier alpha value is -2.18. The van der Waals surface area contributed by atoms with Crippen molar-refractivity contribution in [3.63, 3.8) is 0 Å². The van der Waals surface area contributed by atoms with Gasteiger partial charge in [-0.3, -0.25) is 0 Å². The Balaban J connectivity index is 1.44. The predicted octanol–water partition coefficient (Wildman–Crippen LogP) is 3.84. The molecule has 2 heterocycles. The van der Waals surface area contributed by atoms with Gasteiger partial charge in [0.2, 0.25) is 0 Å². The summed E-state index contributed by atoms with van der Waals surface area (Å²) in [6.07, 6.45) is 9.56. The summed E-state index contributed by atoms with van der Waals surface area (Å²) < 4.78 is 11.7. The summed E-state index contributed by atoms with van der Waals surface area (Å²) in [4.78, 5) is 13.4. The molecule has 1 saturated heterocycles. The van der Waals surface area contributed by atoms with E-state index in [1.54, 1.807) is 6.26 Å². The molecule has 1 aliphatic carbocycles. The van der Waals surface area contributed by atoms with Gasteiger partial charge in [0, 0.05) is 31.2 Å². The van der Waals surface area contributed by atoms with Crippen LogP contribution in [0.1, 0.15) is 56.2 Å². The lowest BCUT2D eigenvalue weighted by molar-refractivity contribution is -0.921. The number of aromatic nitrogens is 1. The molecule has 0 amide bonds. The van der Waals surface area contributed by atoms with Crippen LogP contribution in [0.3, 0.4) is 0 Å². The summed E-state index contributed by atoms with van der Waals surface area (Å²) in [5.74, 6) is -0.576. The average Bonchev–Trinajstić information content (AvgIpc) is 3.46. The minimum Gasteiger partial charge on any atom is -0.457 e. The number of likely N-dealkylation sites (N-methyl/N-ethyl adjacent to an activating group) is 1. The maximum absolute atomic E-state index is 13.4. The molecule has 0 radical (unpaired) electrons. The molecule has 31 heavy (non-hydrogen) atoms. The molecule has 3 atom stereocenters. The molecule has 6 nitrogen and oxygen atoms in total. The van der Waals surface area contributed by atoms with Crippen molar-refractivity contribution in [2.24, 2.45) is 5.92 Å². The van der Waals surface area contributed by atoms with Gasteiger partial charge in [-0.05, 0) is 18.4 Å². The van der Waals surface area contributed by atoms with Crippen molar-refractivity contribution in [2.75, 3.05) is 26.7 Å². The van der Waals surface area contributed by atoms with Crippen LogP contribution in [0.15, 0.2) is 47.2 Å². The predicted molar refractivity (Wildman–Crippen MR) is 117 cm³/mol. The highest BCUT2D eigenvalue weighted by molar-refractivity contribution is 5.81. The van der Waals surface area contributed by atoms with Crippen LogP contribution in [0.2, 0.25) is 0 Å². The van der Waals surface area contributed by atoms with Crippen molar-refractivity contribution in [3.05, 3.63) is 53.9 Å². The zero-order chi connectivity index (χ0) is 21.7. The number of hydrogen-bond donors (Lipinski definition) is 1. The van der Waals surface area contributed by atoms with E-state index in [1.807, 2.05) is 36.4 Å². The van der Waals surface area contributed by atoms with Gasteiger partial charge in [0.05, 0.1) is 25.8 Å². The van der Waals surface area contributed by atoms with E-state index >= 15 is 0 Å². The van der Waals surface area contributed by atoms with Crippen LogP contribution in [-0.2, 0) is 21.6 Å². The molecule has 2 aliphatic rings. The van der Waals surface area contributed by atoms with Gasteiger partial charge >= 0.3 is 5.97 Å². The van der Waals surface area contributed by atoms with Crippen LogP contribution < -0.4 is 0 Å². The molecule has 1 N–H and O–H groups in total. The van der Waals surface area contributed by atoms with Gasteiger partial charge in [0.1, 0.15) is 18.9 Å². The first-order valence-corrected chi connectivity index (χ1v) is 11.7. The van der Waals surface area contributed by atoms with Crippen LogP contribution in [0, 0.1) is 5.92 Å². The van der Waals surface area contributed by atoms with E-state index in [4.69, 9.17) is 9.26 Å². The molecule has 6 heteroatoms. The molecular formula is C25H35N2O4+. The number of carbonyl (C=O) groups is 1. The Morgan fingerprint density at radius 3 is 2.65 bits per heavy atom. The molecular weight excluding hydrogens is 392 g/mol. The van der Waals surface area contributed by atoms with E-state index in [-0.39, 0.29) is 12.0 Å². The zero-order valence-corrected chi connectivity index (χ0v) is 18.5. The van der Waals surface area contributed by atoms with Crippen molar-refractivity contribution < 1.29 is 23.6 Å². The topological polar surface area (TPSA) is 72.6 Å². The molecule has 2 aromatic rings. The normalized spacial score (nSPS) is 26.5. The second-order valence-corrected chi connectivity index (χ2v) is 9.53. The number of aliphatic hydroxyl groups is 1. The summed E-state index contributed by atoms with van der Waals surface area (Å²) in [7, 11) is 2.23. The van der Waals surface area contributed by atoms with Crippen LogP contribution in [0.25, 0.3) is 0 Å². The van der Waals surface area contributed by atoms with E-state index in [0.29, 0.717) is 12.2 Å². The van der Waals surface area contributed by atoms with E-state index in [2.05, 4.69) is 12.2 Å². The maximum atomic E-state index is 13.4. The number of likely N-dealkylation sites (tertiary alicyclic amines) is 1. The smallest absolute Gasteiger partial charge is 0.343 e. The molecule has 2 unspecified atom stereocenters. The van der Waals surface area contributed by atoms with Crippen molar-refractivity contribution in [1.29, 1.82) is 0 Å². The highest BCUT2D eigenvalue weighted by Gasteiger charge is 2.48. The number of rotatable bonds is 8. The Labute approximate surface area is 184 Å². The molecule has 0 bridgehead atoms. The lowest BCUT2D eigenvalue weighted by Gasteiger charge is -2.38. The van der Waals surface area contributed by atoms with Gasteiger partial charge in [-0.2, -0.15) is 0 Å². The summed E-state index contributed by atoms with van der Waals surface area (Å²) >= 11 is 0. The standard InChI is InChI=1S/C25H35N2O4/c1-27(17-14-22-15-18-31-26-22)16-8-13-23(27)19-30-24(28)25(29,20-9-4-2-5-10-20)21-11-6-3-7-12-21/h2,4-5,9-10,15,18,21,23,29H,3,6-8,11-14,16-17,19H2,1H3/q+1/t23-,25?,27?/m1/s1. The molecule has 4 rings (SSSR count). The summed E-state index contributed by atoms with van der Waals surface area (Å²) in [5, 5.41) is 15.7. The molecule has 1 saturated carbocycles. The fourth-order valence-electron chi connectivity index (χ4n) is 5.49. The summed E-state index contributed by atoms with van der Waals surface area (Å²) in [6, 6.07) is 11.5. The van der Waals surface area contributed by atoms with Crippen molar-refractivity contribution in [3.8, 4) is 0 Å². The number of nitrogens with zero attached hydrogens (tertiary/aromatic N) is 2. The van der Waals surface area contributed by atoms with Gasteiger partial charge < -0.3 is 18.8 Å². The third-order valence-corrected chi connectivity index (χ3v) is 7.59. The average molecular weight is 428 g/mol. The third kappa shape index (κ3) is 4.70. The van der Waals surface area contributed by atoms with Gasteiger partial charge in [0.25, 0.3) is 0 Å². The van der Waals surface area contributed by atoms with Gasteiger partial charge in [-0.25, -0.2) is 4.79 Å². The molecule has 2 fully saturated rings. The molecule has 1 aromatic heterocycles. The highest BCUT2D eigenvalue weighted by Crippen LogP contribution is 2.40. The first-order chi connectivity index (χ1) is 15.0. The highest BCUT2D eigenvalue weighted by atomic mass is 16.6. The second kappa shape index (κ2) is 9.53. The molecule has 1 aliphatic heterocycles. The first kappa shape index (κ1) is 22.0. The zero-order valence-electron chi connectivity index (χ0n) is 18.5. The third-order valence-electron chi connectivity index (χ3n) is 7.59. The Kier molecular flexibility index (Phi) is 6.77. The van der Waals surface area contributed by atoms with Gasteiger partial charge in [-0.15, -0.1) is 0 Å². The number of ether oxygens (including phenoxy) is 1. The van der Waals surface area contributed by atoms with Crippen LogP contribution in [0.4, 0.5) is 0 Å². The quantitative estimate of drug-likeness (QED) is 0.512. The first-order valence-electron chi connectivity index (χ1n) is 11.7. The molecule has 168 valence electrons. The van der Waals surface area contributed by atoms with Crippen molar-refractivity contribution >= 4 is 5.97 Å². The number of hydrogen-bond acceptors (Lipinski definition) is 5. The van der Waals surface area contributed by atoms with Crippen LogP contribution in [-0.4, -0.2) is 53.5 Å². The van der Waals surface area contributed by atoms with E-state index < -0.39 is 11.6 Å². The van der Waals surface area contributed by atoms with E-state index in [9.17, 15) is 9.90 Å². The lowest BCUT2D eigenvalue weighted by atomic mass is 9.73. The van der Waals surface area contributed by atoms with Gasteiger partial charge in [0.15, 0.2) is 5.60 Å². The van der Waals surface area contributed by atoms with E-state index in [1.165, 1.54) is 6.42 Å². The van der Waals surface area contributed by atoms with Crippen LogP contribution in [0.5, 0.6) is 0 Å². The van der Waals surface area contributed by atoms with Crippen LogP contribution >= 0.6 is 0 Å². The van der Waals surface area contributed by atoms with Gasteiger partial charge in [-0.1, -0.05) is 54.8 Å². The van der Waals surface area contributed by atoms with Crippen molar-refractivity contribution in [1.82, 2.24) is 5.16 Å². The summed E-state index contributed by atoms with van der Waals surface area (Å²) in [5.41, 5.74) is 0.0454. The molecule has 0 spiro atoms. The summed E-state index contributed by atoms with van der Waals surface area (Å²) in [6.45, 7) is 2.34. The minimum absolute atomic E-state index is 0.0900. The SMILES string of the molecule is C[N+]1(CCc2ccon2)CCC[C@@H]1COC(=O)C(O)(c1ccccc1)C1CCCCC1. The maximum Gasteiger partial charge on any atom is 0.343 e. The Morgan fingerprint density at radius 2 is 1.94 bits per heavy atom.